The van der Waals surface area contributed by atoms with Crippen LogP contribution in [0.5, 0.6) is 0 Å². The summed E-state index contributed by atoms with van der Waals surface area (Å²) in [6, 6.07) is 0. The van der Waals surface area contributed by atoms with Gasteiger partial charge in [-0.05, 0) is 27.7 Å². The number of aryl methyl sites for hydroxylation is 1. The van der Waals surface area contributed by atoms with Gasteiger partial charge in [-0.2, -0.15) is 0 Å². The van der Waals surface area contributed by atoms with Gasteiger partial charge in [-0.3, -0.25) is 4.79 Å². The molecule has 0 atom stereocenters. The molecule has 0 spiro atoms. The Balaban J connectivity index is 2.58. The Morgan fingerprint density at radius 1 is 1.53 bits per heavy atom. The fraction of sp³-hybridized carbons (Fsp3) is 0.667. The van der Waals surface area contributed by atoms with Crippen LogP contribution >= 0.6 is 11.8 Å². The van der Waals surface area contributed by atoms with E-state index in [9.17, 15) is 4.79 Å². The van der Waals surface area contributed by atoms with Crippen molar-refractivity contribution in [2.24, 2.45) is 7.05 Å². The minimum Gasteiger partial charge on any atom is -0.337 e. The molecule has 0 saturated carbocycles. The van der Waals surface area contributed by atoms with Crippen molar-refractivity contribution in [2.75, 3.05) is 12.3 Å². The van der Waals surface area contributed by atoms with Gasteiger partial charge in [0, 0.05) is 31.5 Å². The summed E-state index contributed by atoms with van der Waals surface area (Å²) in [6.07, 6.45) is 3.63. The normalized spacial score (nSPS) is 11.6. The molecule has 0 aliphatic rings. The fourth-order valence-electron chi connectivity index (χ4n) is 1.72. The zero-order valence-electron chi connectivity index (χ0n) is 11.2. The van der Waals surface area contributed by atoms with Crippen LogP contribution in [-0.4, -0.2) is 38.2 Å². The Hall–Kier alpha value is -0.970. The molecule has 5 heteroatoms. The summed E-state index contributed by atoms with van der Waals surface area (Å²) in [5.74, 6) is 0.601. The Bertz CT molecular complexity index is 381. The van der Waals surface area contributed by atoms with Crippen molar-refractivity contribution in [3.05, 3.63) is 12.4 Å². The quantitative estimate of drug-likeness (QED) is 0.774. The molecule has 1 heterocycles. The number of rotatable bonds is 4. The smallest absolute Gasteiger partial charge is 0.233 e. The molecule has 0 radical (unpaired) electrons. The molecule has 0 aliphatic carbocycles. The average molecular weight is 255 g/mol. The number of nitrogens with zero attached hydrogens (tertiary/aromatic N) is 3. The van der Waals surface area contributed by atoms with E-state index in [-0.39, 0.29) is 11.4 Å². The summed E-state index contributed by atoms with van der Waals surface area (Å²) in [4.78, 5) is 18.2. The van der Waals surface area contributed by atoms with Crippen LogP contribution in [0.3, 0.4) is 0 Å². The van der Waals surface area contributed by atoms with Crippen LogP contribution in [0.1, 0.15) is 27.7 Å². The predicted molar refractivity (Wildman–Crippen MR) is 71.1 cm³/mol. The lowest BCUT2D eigenvalue weighted by Gasteiger charge is -2.34. The number of amides is 1. The Labute approximate surface area is 107 Å². The van der Waals surface area contributed by atoms with Crippen LogP contribution in [-0.2, 0) is 11.8 Å². The second-order valence-electron chi connectivity index (χ2n) is 4.92. The second-order valence-corrected chi connectivity index (χ2v) is 5.86. The average Bonchev–Trinajstić information content (AvgIpc) is 2.60. The van der Waals surface area contributed by atoms with Crippen LogP contribution < -0.4 is 0 Å². The minimum atomic E-state index is -0.117. The van der Waals surface area contributed by atoms with E-state index in [0.29, 0.717) is 5.75 Å². The van der Waals surface area contributed by atoms with Gasteiger partial charge in [0.05, 0.1) is 5.75 Å². The van der Waals surface area contributed by atoms with Crippen molar-refractivity contribution in [1.82, 2.24) is 14.5 Å². The first-order chi connectivity index (χ1) is 7.86. The molecule has 0 saturated heterocycles. The first-order valence-electron chi connectivity index (χ1n) is 5.77. The molecule has 0 N–H and O–H groups in total. The van der Waals surface area contributed by atoms with Crippen LogP contribution in [0.25, 0.3) is 0 Å². The third kappa shape index (κ3) is 3.77. The number of aromatic nitrogens is 2. The molecule has 4 nitrogen and oxygen atoms in total. The maximum Gasteiger partial charge on any atom is 0.233 e. The Morgan fingerprint density at radius 3 is 2.59 bits per heavy atom. The molecular weight excluding hydrogens is 234 g/mol. The number of thioether (sulfide) groups is 1. The SMILES string of the molecule is CCN(C(=O)CSc1nccn1C)C(C)(C)C. The minimum absolute atomic E-state index is 0.117. The zero-order valence-corrected chi connectivity index (χ0v) is 12.0. The summed E-state index contributed by atoms with van der Waals surface area (Å²) in [5, 5.41) is 0.878. The van der Waals surface area contributed by atoms with E-state index < -0.39 is 0 Å². The third-order valence-corrected chi connectivity index (χ3v) is 3.57. The first-order valence-corrected chi connectivity index (χ1v) is 6.75. The van der Waals surface area contributed by atoms with Crippen LogP contribution in [0, 0.1) is 0 Å². The number of carbonyl (C=O) groups is 1. The third-order valence-electron chi connectivity index (χ3n) is 2.53. The maximum absolute atomic E-state index is 12.1. The fourth-order valence-corrected chi connectivity index (χ4v) is 2.53. The maximum atomic E-state index is 12.1. The summed E-state index contributed by atoms with van der Waals surface area (Å²) in [7, 11) is 1.93. The monoisotopic (exact) mass is 255 g/mol. The molecule has 1 aromatic rings. The van der Waals surface area contributed by atoms with Crippen molar-refractivity contribution in [3.8, 4) is 0 Å². The lowest BCUT2D eigenvalue weighted by atomic mass is 10.1. The standard InChI is InChI=1S/C12H21N3OS/c1-6-15(12(2,3)4)10(16)9-17-11-13-7-8-14(11)5/h7-8H,6,9H2,1-5H3. The number of hydrogen-bond acceptors (Lipinski definition) is 3. The molecule has 96 valence electrons. The van der Waals surface area contributed by atoms with Crippen LogP contribution in [0.4, 0.5) is 0 Å². The van der Waals surface area contributed by atoms with Gasteiger partial charge >= 0.3 is 0 Å². The molecule has 1 rings (SSSR count). The molecule has 0 aromatic carbocycles. The van der Waals surface area contributed by atoms with Gasteiger partial charge in [0.2, 0.25) is 5.91 Å². The highest BCUT2D eigenvalue weighted by Crippen LogP contribution is 2.18. The van der Waals surface area contributed by atoms with Crippen molar-refractivity contribution in [2.45, 2.75) is 38.4 Å². The van der Waals surface area contributed by atoms with Crippen molar-refractivity contribution >= 4 is 17.7 Å². The number of hydrogen-bond donors (Lipinski definition) is 0. The van der Waals surface area contributed by atoms with E-state index in [2.05, 4.69) is 25.8 Å². The largest absolute Gasteiger partial charge is 0.337 e. The highest BCUT2D eigenvalue weighted by Gasteiger charge is 2.24. The predicted octanol–water partition coefficient (Wildman–Crippen LogP) is 2.16. The van der Waals surface area contributed by atoms with Gasteiger partial charge in [-0.25, -0.2) is 4.98 Å². The highest BCUT2D eigenvalue weighted by molar-refractivity contribution is 7.99. The zero-order chi connectivity index (χ0) is 13.1. The van der Waals surface area contributed by atoms with E-state index in [4.69, 9.17) is 0 Å². The van der Waals surface area contributed by atoms with Crippen LogP contribution in [0.2, 0.25) is 0 Å². The summed E-state index contributed by atoms with van der Waals surface area (Å²) < 4.78 is 1.92. The van der Waals surface area contributed by atoms with Gasteiger partial charge in [-0.1, -0.05) is 11.8 Å². The highest BCUT2D eigenvalue weighted by atomic mass is 32.2. The Morgan fingerprint density at radius 2 is 2.18 bits per heavy atom. The summed E-state index contributed by atoms with van der Waals surface area (Å²) >= 11 is 1.48. The van der Waals surface area contributed by atoms with Gasteiger partial charge in [-0.15, -0.1) is 0 Å². The molecular formula is C12H21N3OS. The topological polar surface area (TPSA) is 38.1 Å². The van der Waals surface area contributed by atoms with Gasteiger partial charge in [0.1, 0.15) is 0 Å². The van der Waals surface area contributed by atoms with E-state index in [1.54, 1.807) is 6.20 Å². The molecule has 17 heavy (non-hydrogen) atoms. The van der Waals surface area contributed by atoms with E-state index in [1.165, 1.54) is 11.8 Å². The van der Waals surface area contributed by atoms with Gasteiger partial charge < -0.3 is 9.47 Å². The molecule has 0 bridgehead atoms. The molecule has 1 aromatic heterocycles. The lowest BCUT2D eigenvalue weighted by molar-refractivity contribution is -0.132. The van der Waals surface area contributed by atoms with Crippen LogP contribution in [0.15, 0.2) is 17.6 Å². The summed E-state index contributed by atoms with van der Waals surface area (Å²) in [6.45, 7) is 8.91. The van der Waals surface area contributed by atoms with Crippen molar-refractivity contribution < 1.29 is 4.79 Å². The lowest BCUT2D eigenvalue weighted by Crippen LogP contribution is -2.46. The van der Waals surface area contributed by atoms with Gasteiger partial charge in [0.25, 0.3) is 0 Å². The molecule has 0 aliphatic heterocycles. The second kappa shape index (κ2) is 5.58. The van der Waals surface area contributed by atoms with E-state index in [0.717, 1.165) is 11.7 Å². The molecule has 1 amide bonds. The number of imidazole rings is 1. The van der Waals surface area contributed by atoms with E-state index in [1.807, 2.05) is 29.6 Å². The first kappa shape index (κ1) is 14.1. The van der Waals surface area contributed by atoms with Gasteiger partial charge in [0.15, 0.2) is 5.16 Å². The summed E-state index contributed by atoms with van der Waals surface area (Å²) in [5.41, 5.74) is -0.117. The Kier molecular flexibility index (Phi) is 4.62. The van der Waals surface area contributed by atoms with Crippen molar-refractivity contribution in [1.29, 1.82) is 0 Å². The number of carbonyl (C=O) groups excluding carboxylic acids is 1. The molecule has 0 fully saturated rings. The molecule has 0 unspecified atom stereocenters. The van der Waals surface area contributed by atoms with E-state index >= 15 is 0 Å². The van der Waals surface area contributed by atoms with Crippen molar-refractivity contribution in [3.63, 3.8) is 0 Å².